The van der Waals surface area contributed by atoms with Gasteiger partial charge in [-0.15, -0.1) is 11.3 Å². The fraction of sp³-hybridized carbons (Fsp3) is 0.0909. The van der Waals surface area contributed by atoms with Crippen LogP contribution in [0.2, 0.25) is 0 Å². The fourth-order valence-electron chi connectivity index (χ4n) is 1.48. The van der Waals surface area contributed by atoms with Gasteiger partial charge in [0.1, 0.15) is 11.6 Å². The van der Waals surface area contributed by atoms with Crippen LogP contribution in [0, 0.1) is 14.5 Å². The maximum absolute atomic E-state index is 13.8. The van der Waals surface area contributed by atoms with E-state index in [1.807, 2.05) is 11.4 Å². The molecule has 90 valence electrons. The van der Waals surface area contributed by atoms with E-state index in [-0.39, 0.29) is 10.0 Å². The molecular weight excluding hydrogens is 423 g/mol. The first-order valence-electron chi connectivity index (χ1n) is 4.63. The Morgan fingerprint density at radius 2 is 2.06 bits per heavy atom. The highest BCUT2D eigenvalue weighted by Gasteiger charge is 2.21. The highest BCUT2D eigenvalue weighted by Crippen LogP contribution is 2.31. The maximum atomic E-state index is 13.8. The van der Waals surface area contributed by atoms with Crippen molar-refractivity contribution in [2.24, 2.45) is 5.73 Å². The first-order chi connectivity index (χ1) is 8.00. The van der Waals surface area contributed by atoms with Crippen LogP contribution in [0.5, 0.6) is 0 Å². The molecule has 0 aliphatic heterocycles. The quantitative estimate of drug-likeness (QED) is 0.554. The van der Waals surface area contributed by atoms with Crippen LogP contribution in [-0.2, 0) is 0 Å². The Morgan fingerprint density at radius 3 is 2.65 bits per heavy atom. The highest BCUT2D eigenvalue weighted by atomic mass is 127. The maximum Gasteiger partial charge on any atom is 0.145 e. The molecule has 0 amide bonds. The van der Waals surface area contributed by atoms with Crippen LogP contribution in [-0.4, -0.2) is 0 Å². The summed E-state index contributed by atoms with van der Waals surface area (Å²) >= 11 is 6.67. The van der Waals surface area contributed by atoms with Gasteiger partial charge >= 0.3 is 0 Å². The van der Waals surface area contributed by atoms with Crippen LogP contribution in [0.15, 0.2) is 28.1 Å². The van der Waals surface area contributed by atoms with Crippen LogP contribution >= 0.6 is 49.9 Å². The van der Waals surface area contributed by atoms with Gasteiger partial charge in [0.25, 0.3) is 0 Å². The van der Waals surface area contributed by atoms with Gasteiger partial charge in [-0.05, 0) is 67.7 Å². The third kappa shape index (κ3) is 2.69. The largest absolute Gasteiger partial charge is 0.320 e. The molecule has 0 aliphatic carbocycles. The van der Waals surface area contributed by atoms with E-state index in [0.717, 1.165) is 8.45 Å². The van der Waals surface area contributed by atoms with Crippen molar-refractivity contribution in [2.45, 2.75) is 6.04 Å². The van der Waals surface area contributed by atoms with E-state index in [4.69, 9.17) is 5.73 Å². The third-order valence-corrected chi connectivity index (χ3v) is 4.76. The van der Waals surface area contributed by atoms with Crippen molar-refractivity contribution in [3.8, 4) is 0 Å². The summed E-state index contributed by atoms with van der Waals surface area (Å²) in [4.78, 5) is 0. The lowest BCUT2D eigenvalue weighted by Gasteiger charge is -2.13. The summed E-state index contributed by atoms with van der Waals surface area (Å²) in [7, 11) is 0. The minimum absolute atomic E-state index is 0.103. The molecule has 1 atom stereocenters. The van der Waals surface area contributed by atoms with Crippen molar-refractivity contribution < 1.29 is 8.78 Å². The SMILES string of the molecule is NC(c1csc(I)c1)c1c(F)ccc(Br)c1F. The summed E-state index contributed by atoms with van der Waals surface area (Å²) in [6, 6.07) is 3.58. The molecular formula is C11H7BrF2INS. The number of rotatable bonds is 2. The first kappa shape index (κ1) is 13.4. The first-order valence-corrected chi connectivity index (χ1v) is 7.38. The Hall–Kier alpha value is -0.0500. The Bertz CT molecular complexity index is 558. The van der Waals surface area contributed by atoms with Gasteiger partial charge in [0, 0.05) is 5.56 Å². The standard InChI is InChI=1S/C11H7BrF2INS/c12-6-1-2-7(13)9(10(6)14)11(16)5-3-8(15)17-4-5/h1-4,11H,16H2. The van der Waals surface area contributed by atoms with E-state index in [1.165, 1.54) is 23.5 Å². The van der Waals surface area contributed by atoms with Crippen molar-refractivity contribution in [1.82, 2.24) is 0 Å². The van der Waals surface area contributed by atoms with Crippen molar-refractivity contribution in [2.75, 3.05) is 0 Å². The topological polar surface area (TPSA) is 26.0 Å². The summed E-state index contributed by atoms with van der Waals surface area (Å²) in [6.45, 7) is 0. The monoisotopic (exact) mass is 429 g/mol. The summed E-state index contributed by atoms with van der Waals surface area (Å²) in [5.41, 5.74) is 6.52. The van der Waals surface area contributed by atoms with Gasteiger partial charge in [-0.2, -0.15) is 0 Å². The van der Waals surface area contributed by atoms with E-state index in [0.29, 0.717) is 0 Å². The minimum atomic E-state index is -0.785. The van der Waals surface area contributed by atoms with Crippen molar-refractivity contribution in [3.63, 3.8) is 0 Å². The predicted molar refractivity (Wildman–Crippen MR) is 77.1 cm³/mol. The molecule has 1 nitrogen and oxygen atoms in total. The molecule has 1 unspecified atom stereocenters. The molecule has 1 aromatic heterocycles. The molecule has 0 saturated carbocycles. The molecule has 2 rings (SSSR count). The van der Waals surface area contributed by atoms with Crippen LogP contribution < -0.4 is 5.73 Å². The lowest BCUT2D eigenvalue weighted by molar-refractivity contribution is 0.539. The zero-order valence-electron chi connectivity index (χ0n) is 8.38. The molecule has 2 aromatic rings. The summed E-state index contributed by atoms with van der Waals surface area (Å²) in [5.74, 6) is -1.27. The van der Waals surface area contributed by atoms with E-state index in [2.05, 4.69) is 38.5 Å². The van der Waals surface area contributed by atoms with Crippen molar-refractivity contribution in [1.29, 1.82) is 0 Å². The molecule has 1 heterocycles. The molecule has 0 spiro atoms. The Morgan fingerprint density at radius 1 is 1.35 bits per heavy atom. The second-order valence-corrected chi connectivity index (χ2v) is 7.08. The second-order valence-electron chi connectivity index (χ2n) is 3.42. The van der Waals surface area contributed by atoms with Crippen LogP contribution in [0.1, 0.15) is 17.2 Å². The smallest absolute Gasteiger partial charge is 0.145 e. The predicted octanol–water partition coefficient (Wildman–Crippen LogP) is 4.44. The van der Waals surface area contributed by atoms with E-state index < -0.39 is 17.7 Å². The Labute approximate surface area is 123 Å². The number of hydrogen-bond acceptors (Lipinski definition) is 2. The lowest BCUT2D eigenvalue weighted by atomic mass is 10.0. The number of nitrogens with two attached hydrogens (primary N) is 1. The number of halogens is 4. The van der Waals surface area contributed by atoms with Gasteiger partial charge in [-0.3, -0.25) is 0 Å². The second kappa shape index (κ2) is 5.29. The molecule has 0 fully saturated rings. The molecule has 2 N–H and O–H groups in total. The molecule has 0 radical (unpaired) electrons. The van der Waals surface area contributed by atoms with Gasteiger partial charge in [-0.25, -0.2) is 8.78 Å². The number of thiophene rings is 1. The fourth-order valence-corrected chi connectivity index (χ4v) is 3.24. The van der Waals surface area contributed by atoms with E-state index >= 15 is 0 Å². The normalized spacial score (nSPS) is 12.8. The zero-order chi connectivity index (χ0) is 12.6. The van der Waals surface area contributed by atoms with Gasteiger partial charge < -0.3 is 5.73 Å². The highest BCUT2D eigenvalue weighted by molar-refractivity contribution is 14.1. The molecule has 6 heteroatoms. The molecule has 17 heavy (non-hydrogen) atoms. The summed E-state index contributed by atoms with van der Waals surface area (Å²) < 4.78 is 28.7. The average Bonchev–Trinajstić information content (AvgIpc) is 2.71. The van der Waals surface area contributed by atoms with E-state index in [9.17, 15) is 8.78 Å². The molecule has 0 aliphatic rings. The molecule has 0 bridgehead atoms. The van der Waals surface area contributed by atoms with Gasteiger partial charge in [0.15, 0.2) is 0 Å². The zero-order valence-corrected chi connectivity index (χ0v) is 12.9. The van der Waals surface area contributed by atoms with Crippen molar-refractivity contribution in [3.05, 3.63) is 53.7 Å². The lowest BCUT2D eigenvalue weighted by Crippen LogP contribution is -2.15. The Kier molecular flexibility index (Phi) is 4.17. The van der Waals surface area contributed by atoms with Gasteiger partial charge in [0.05, 0.1) is 13.4 Å². The molecule has 0 saturated heterocycles. The summed E-state index contributed by atoms with van der Waals surface area (Å²) in [5, 5.41) is 1.81. The van der Waals surface area contributed by atoms with E-state index in [1.54, 1.807) is 0 Å². The van der Waals surface area contributed by atoms with Gasteiger partial charge in [-0.1, -0.05) is 0 Å². The van der Waals surface area contributed by atoms with Gasteiger partial charge in [0.2, 0.25) is 0 Å². The average molecular weight is 430 g/mol. The van der Waals surface area contributed by atoms with Crippen molar-refractivity contribution >= 4 is 49.9 Å². The van der Waals surface area contributed by atoms with Crippen LogP contribution in [0.4, 0.5) is 8.78 Å². The number of hydrogen-bond donors (Lipinski definition) is 1. The van der Waals surface area contributed by atoms with Crippen LogP contribution in [0.25, 0.3) is 0 Å². The summed E-state index contributed by atoms with van der Waals surface area (Å²) in [6.07, 6.45) is 0. The molecule has 1 aromatic carbocycles. The van der Waals surface area contributed by atoms with Crippen LogP contribution in [0.3, 0.4) is 0 Å². The minimum Gasteiger partial charge on any atom is -0.320 e. The Balaban J connectivity index is 2.50. The third-order valence-electron chi connectivity index (χ3n) is 2.34. The number of benzene rings is 1.